The van der Waals surface area contributed by atoms with Crippen molar-refractivity contribution in [2.75, 3.05) is 47.5 Å². The van der Waals surface area contributed by atoms with Crippen LogP contribution in [0.2, 0.25) is 0 Å². The smallest absolute Gasteiger partial charge is 0.462 e. The minimum absolute atomic E-state index is 0.0312. The topological polar surface area (TPSA) is 108 Å². The fourth-order valence-electron chi connectivity index (χ4n) is 11.5. The molecule has 0 amide bonds. The van der Waals surface area contributed by atoms with Gasteiger partial charge in [0, 0.05) is 12.8 Å². The summed E-state index contributed by atoms with van der Waals surface area (Å²) in [4.78, 5) is 35.9. The summed E-state index contributed by atoms with van der Waals surface area (Å²) in [5.74, 6) is -0.784. The van der Waals surface area contributed by atoms with Crippen LogP contribution in [0.4, 0.5) is 0 Å². The molecule has 0 aromatic carbocycles. The first kappa shape index (κ1) is 86.7. The lowest BCUT2D eigenvalue weighted by Gasteiger charge is -2.24. The number of unbranched alkanes of at least 4 members (excludes halogenated alkanes) is 48. The zero-order valence-corrected chi connectivity index (χ0v) is 60.6. The van der Waals surface area contributed by atoms with Crippen molar-refractivity contribution in [1.82, 2.24) is 0 Å². The lowest BCUT2D eigenvalue weighted by molar-refractivity contribution is -0.870. The predicted octanol–water partition coefficient (Wildman–Crippen LogP) is 25.3. The summed E-state index contributed by atoms with van der Waals surface area (Å²) in [5.41, 5.74) is 0. The van der Waals surface area contributed by atoms with Gasteiger partial charge in [0.15, 0.2) is 6.10 Å². The Hall–Kier alpha value is -2.29. The Morgan fingerprint density at radius 3 is 0.955 bits per heavy atom. The summed E-state index contributed by atoms with van der Waals surface area (Å²) in [5, 5.41) is 0. The Labute approximate surface area is 553 Å². The number of carbonyl (C=O) groups is 2. The molecule has 522 valence electrons. The lowest BCUT2D eigenvalue weighted by Crippen LogP contribution is -2.37. The van der Waals surface area contributed by atoms with Crippen LogP contribution in [0.1, 0.15) is 380 Å². The minimum Gasteiger partial charge on any atom is -0.462 e. The first-order valence-electron chi connectivity index (χ1n) is 38.5. The van der Waals surface area contributed by atoms with Crippen LogP contribution in [0.3, 0.4) is 0 Å². The van der Waals surface area contributed by atoms with Crippen LogP contribution < -0.4 is 0 Å². The van der Waals surface area contributed by atoms with Gasteiger partial charge in [0.05, 0.1) is 27.7 Å². The van der Waals surface area contributed by atoms with Gasteiger partial charge < -0.3 is 18.9 Å². The Morgan fingerprint density at radius 2 is 0.640 bits per heavy atom. The van der Waals surface area contributed by atoms with Gasteiger partial charge in [0.25, 0.3) is 0 Å². The van der Waals surface area contributed by atoms with E-state index >= 15 is 0 Å². The highest BCUT2D eigenvalue weighted by Crippen LogP contribution is 2.43. The number of hydrogen-bond donors (Lipinski definition) is 1. The number of carbonyl (C=O) groups excluding carboxylic acids is 2. The molecule has 0 aromatic rings. The number of nitrogens with zero attached hydrogens (tertiary/aromatic N) is 1. The van der Waals surface area contributed by atoms with Crippen molar-refractivity contribution in [3.63, 3.8) is 0 Å². The van der Waals surface area contributed by atoms with E-state index in [-0.39, 0.29) is 25.6 Å². The van der Waals surface area contributed by atoms with Gasteiger partial charge in [-0.3, -0.25) is 18.6 Å². The van der Waals surface area contributed by atoms with Gasteiger partial charge in [-0.25, -0.2) is 4.57 Å². The van der Waals surface area contributed by atoms with Crippen LogP contribution in [0.5, 0.6) is 0 Å². The maximum absolute atomic E-state index is 12.9. The normalized spacial score (nSPS) is 13.4. The van der Waals surface area contributed by atoms with Crippen LogP contribution in [0, 0.1) is 0 Å². The van der Waals surface area contributed by atoms with Gasteiger partial charge in [-0.1, -0.05) is 370 Å². The number of likely N-dealkylation sites (N-methyl/N-ethyl adjacent to an activating group) is 1. The molecule has 0 aliphatic carbocycles. The molecule has 0 fully saturated rings. The van der Waals surface area contributed by atoms with Crippen molar-refractivity contribution in [3.8, 4) is 0 Å². The highest BCUT2D eigenvalue weighted by Gasteiger charge is 2.27. The second-order valence-electron chi connectivity index (χ2n) is 27.4. The van der Waals surface area contributed by atoms with E-state index in [9.17, 15) is 19.0 Å². The molecule has 0 aromatic heterocycles. The third-order valence-corrected chi connectivity index (χ3v) is 18.3. The molecule has 1 N–H and O–H groups in total. The van der Waals surface area contributed by atoms with Crippen molar-refractivity contribution < 1.29 is 42.1 Å². The zero-order valence-electron chi connectivity index (χ0n) is 59.7. The molecule has 2 atom stereocenters. The van der Waals surface area contributed by atoms with Crippen molar-refractivity contribution in [2.45, 2.75) is 386 Å². The van der Waals surface area contributed by atoms with Crippen LogP contribution in [0.15, 0.2) is 60.8 Å². The summed E-state index contributed by atoms with van der Waals surface area (Å²) in [6, 6.07) is 0. The Balaban J connectivity index is 3.92. The van der Waals surface area contributed by atoms with Gasteiger partial charge in [-0.05, 0) is 57.8 Å². The maximum atomic E-state index is 12.9. The largest absolute Gasteiger partial charge is 0.472 e. The second-order valence-corrected chi connectivity index (χ2v) is 28.8. The van der Waals surface area contributed by atoms with Gasteiger partial charge in [-0.15, -0.1) is 0 Å². The number of quaternary nitrogens is 1. The lowest BCUT2D eigenvalue weighted by atomic mass is 10.0. The molecular weight excluding hydrogens is 1120 g/mol. The molecule has 89 heavy (non-hydrogen) atoms. The number of esters is 2. The minimum atomic E-state index is -4.40. The van der Waals surface area contributed by atoms with E-state index in [0.29, 0.717) is 23.9 Å². The molecule has 0 bridgehead atoms. The molecule has 0 saturated heterocycles. The van der Waals surface area contributed by atoms with Crippen LogP contribution >= 0.6 is 7.82 Å². The fraction of sp³-hybridized carbons (Fsp3) is 0.848. The average molecular weight is 1270 g/mol. The fourth-order valence-corrected chi connectivity index (χ4v) is 12.2. The third kappa shape index (κ3) is 74.6. The van der Waals surface area contributed by atoms with E-state index in [0.717, 1.165) is 70.6 Å². The van der Waals surface area contributed by atoms with E-state index < -0.39 is 26.5 Å². The summed E-state index contributed by atoms with van der Waals surface area (Å²) in [6.45, 7) is 4.38. The number of rotatable bonds is 72. The average Bonchev–Trinajstić information content (AvgIpc) is 3.60. The number of ether oxygens (including phenoxy) is 2. The van der Waals surface area contributed by atoms with Crippen molar-refractivity contribution in [2.24, 2.45) is 0 Å². The molecule has 0 spiro atoms. The first-order valence-corrected chi connectivity index (χ1v) is 40.0. The second kappa shape index (κ2) is 70.0. The summed E-state index contributed by atoms with van der Waals surface area (Å²) in [7, 11) is 1.49. The number of allylic oxidation sites excluding steroid dienone is 10. The molecule has 0 saturated carbocycles. The molecule has 0 aliphatic heterocycles. The molecule has 0 heterocycles. The number of phosphoric ester groups is 1. The Kier molecular flexibility index (Phi) is 68.2. The zero-order chi connectivity index (χ0) is 64.8. The molecule has 0 aliphatic rings. The van der Waals surface area contributed by atoms with Crippen molar-refractivity contribution in [3.05, 3.63) is 60.8 Å². The highest BCUT2D eigenvalue weighted by molar-refractivity contribution is 7.47. The molecule has 0 radical (unpaired) electrons. The maximum Gasteiger partial charge on any atom is 0.472 e. The Bertz CT molecular complexity index is 1690. The van der Waals surface area contributed by atoms with Crippen LogP contribution in [0.25, 0.3) is 0 Å². The van der Waals surface area contributed by atoms with E-state index in [1.54, 1.807) is 0 Å². The molecule has 9 nitrogen and oxygen atoms in total. The monoisotopic (exact) mass is 1270 g/mol. The van der Waals surface area contributed by atoms with Gasteiger partial charge in [0.1, 0.15) is 19.8 Å². The van der Waals surface area contributed by atoms with E-state index in [1.807, 2.05) is 21.1 Å². The highest BCUT2D eigenvalue weighted by atomic mass is 31.2. The van der Waals surface area contributed by atoms with E-state index in [1.165, 1.54) is 276 Å². The first-order chi connectivity index (χ1) is 43.5. The van der Waals surface area contributed by atoms with E-state index in [2.05, 4.69) is 74.6 Å². The SMILES string of the molecule is CC/C=C\C/C=C\C/C=C\C/C=C\C/C=C\CCCCCCCCCCCCCC(=O)OC(COC(=O)CCCCCCCCCCCCCCCCCCCCCCCCCCCCCCCCCCCCCCCC)COP(=O)(O)OCC[N+](C)(C)C. The Morgan fingerprint density at radius 1 is 0.360 bits per heavy atom. The standard InChI is InChI=1S/C79H148NO8P/c1-6-8-10-12-14-16-18-20-22-24-26-28-30-32-34-35-36-37-38-39-40-41-42-43-44-46-47-49-51-53-55-57-59-61-63-65-67-69-71-78(81)85-75-77(76-87-89(83,84)86-74-73-80(3,4)5)88-79(82)72-70-68-66-64-62-60-58-56-54-52-50-48-45-33-31-29-27-25-23-21-19-17-15-13-11-9-7-2/h9,11,15,17,21,23,27,29,33,45,77H,6-8,10,12-14,16,18-20,22,24-26,28,30-32,34-44,46-76H2,1-5H3/p+1/b11-9-,17-15-,23-21-,29-27-,45-33-. The van der Waals surface area contributed by atoms with Crippen LogP contribution in [-0.2, 0) is 32.7 Å². The summed E-state index contributed by atoms with van der Waals surface area (Å²) in [6.07, 6.45) is 93.7. The summed E-state index contributed by atoms with van der Waals surface area (Å²) < 4.78 is 34.8. The van der Waals surface area contributed by atoms with Gasteiger partial charge in [-0.2, -0.15) is 0 Å². The van der Waals surface area contributed by atoms with Gasteiger partial charge >= 0.3 is 19.8 Å². The summed E-state index contributed by atoms with van der Waals surface area (Å²) >= 11 is 0. The number of hydrogen-bond acceptors (Lipinski definition) is 7. The molecule has 2 unspecified atom stereocenters. The quantitative estimate of drug-likeness (QED) is 0.0211. The number of phosphoric acid groups is 1. The molecule has 10 heteroatoms. The van der Waals surface area contributed by atoms with Gasteiger partial charge in [0.2, 0.25) is 0 Å². The third-order valence-electron chi connectivity index (χ3n) is 17.3. The molecule has 0 rings (SSSR count). The molecular formula is C79H149NO8P+. The van der Waals surface area contributed by atoms with Crippen molar-refractivity contribution in [1.29, 1.82) is 0 Å². The van der Waals surface area contributed by atoms with E-state index in [4.69, 9.17) is 18.5 Å². The van der Waals surface area contributed by atoms with Crippen LogP contribution in [-0.4, -0.2) is 74.9 Å². The van der Waals surface area contributed by atoms with Crippen molar-refractivity contribution >= 4 is 19.8 Å². The predicted molar refractivity (Wildman–Crippen MR) is 386 cm³/mol.